The van der Waals surface area contributed by atoms with Crippen molar-refractivity contribution in [2.24, 2.45) is 0 Å². The fraction of sp³-hybridized carbons (Fsp3) is 0.0625. The van der Waals surface area contributed by atoms with Gasteiger partial charge in [-0.15, -0.1) is 0 Å². The number of hydrogen-bond donors (Lipinski definition) is 2. The monoisotopic (exact) mass is 277 g/mol. The first-order valence-corrected chi connectivity index (χ1v) is 6.55. The summed E-state index contributed by atoms with van der Waals surface area (Å²) >= 11 is 0. The first-order chi connectivity index (χ1) is 10.1. The van der Waals surface area contributed by atoms with E-state index >= 15 is 0 Å². The number of hydrogen-bond acceptors (Lipinski definition) is 5. The molecule has 4 N–H and O–H groups in total. The Labute approximate surface area is 122 Å². The predicted octanol–water partition coefficient (Wildman–Crippen LogP) is 2.68. The first-order valence-electron chi connectivity index (χ1n) is 6.55. The average molecular weight is 277 g/mol. The number of pyridine rings is 1. The van der Waals surface area contributed by atoms with Crippen molar-refractivity contribution in [3.63, 3.8) is 0 Å². The summed E-state index contributed by atoms with van der Waals surface area (Å²) in [6, 6.07) is 11.8. The molecule has 104 valence electrons. The van der Waals surface area contributed by atoms with Crippen LogP contribution in [0.4, 0.5) is 11.6 Å². The predicted molar refractivity (Wildman–Crippen MR) is 84.3 cm³/mol. The molecular formula is C16H15N5. The number of rotatable bonds is 2. The lowest BCUT2D eigenvalue weighted by Gasteiger charge is -2.11. The normalized spacial score (nSPS) is 10.5. The van der Waals surface area contributed by atoms with Gasteiger partial charge in [0.25, 0.3) is 0 Å². The lowest BCUT2D eigenvalue weighted by atomic mass is 10.0. The Bertz CT molecular complexity index is 784. The van der Waals surface area contributed by atoms with Crippen LogP contribution in [-0.2, 0) is 0 Å². The quantitative estimate of drug-likeness (QED) is 0.751. The van der Waals surface area contributed by atoms with Crippen molar-refractivity contribution in [2.45, 2.75) is 6.92 Å². The van der Waals surface area contributed by atoms with Crippen LogP contribution in [0.3, 0.4) is 0 Å². The van der Waals surface area contributed by atoms with Crippen molar-refractivity contribution in [2.75, 3.05) is 11.5 Å². The number of nitrogen functional groups attached to an aromatic ring is 2. The van der Waals surface area contributed by atoms with Gasteiger partial charge in [0, 0.05) is 23.5 Å². The van der Waals surface area contributed by atoms with Gasteiger partial charge < -0.3 is 11.5 Å². The van der Waals surface area contributed by atoms with E-state index in [2.05, 4.69) is 15.0 Å². The third-order valence-corrected chi connectivity index (χ3v) is 3.20. The Kier molecular flexibility index (Phi) is 3.23. The summed E-state index contributed by atoms with van der Waals surface area (Å²) in [5, 5.41) is 0. The maximum Gasteiger partial charge on any atom is 0.166 e. The van der Waals surface area contributed by atoms with Crippen LogP contribution in [0.1, 0.15) is 5.56 Å². The lowest BCUT2D eigenvalue weighted by molar-refractivity contribution is 1.22. The SMILES string of the molecule is Cc1cccc(-c2nc(N)c(N)nc2-c2ccncc2)c1. The molecule has 0 radical (unpaired) electrons. The molecule has 0 aliphatic carbocycles. The Hall–Kier alpha value is -2.95. The fourth-order valence-corrected chi connectivity index (χ4v) is 2.17. The minimum atomic E-state index is 0.234. The maximum atomic E-state index is 5.83. The third-order valence-electron chi connectivity index (χ3n) is 3.20. The molecule has 0 unspecified atom stereocenters. The van der Waals surface area contributed by atoms with Crippen LogP contribution in [0.5, 0.6) is 0 Å². The van der Waals surface area contributed by atoms with Gasteiger partial charge in [-0.1, -0.05) is 23.8 Å². The van der Waals surface area contributed by atoms with Crippen molar-refractivity contribution in [3.8, 4) is 22.5 Å². The second kappa shape index (κ2) is 5.20. The molecule has 0 bridgehead atoms. The highest BCUT2D eigenvalue weighted by Crippen LogP contribution is 2.31. The van der Waals surface area contributed by atoms with Crippen molar-refractivity contribution in [1.82, 2.24) is 15.0 Å². The zero-order valence-corrected chi connectivity index (χ0v) is 11.6. The van der Waals surface area contributed by atoms with Crippen molar-refractivity contribution in [3.05, 3.63) is 54.4 Å². The Balaban J connectivity index is 2.26. The number of nitrogens with two attached hydrogens (primary N) is 2. The lowest BCUT2D eigenvalue weighted by Crippen LogP contribution is -2.04. The summed E-state index contributed by atoms with van der Waals surface area (Å²) in [7, 11) is 0. The minimum absolute atomic E-state index is 0.234. The summed E-state index contributed by atoms with van der Waals surface area (Å²) in [4.78, 5) is 12.9. The summed E-state index contributed by atoms with van der Waals surface area (Å²) in [5.41, 5.74) is 16.1. The molecule has 0 amide bonds. The van der Waals surface area contributed by atoms with Crippen LogP contribution < -0.4 is 11.5 Å². The Morgan fingerprint density at radius 1 is 0.810 bits per heavy atom. The van der Waals surface area contributed by atoms with E-state index in [1.165, 1.54) is 0 Å². The van der Waals surface area contributed by atoms with E-state index in [1.807, 2.05) is 43.3 Å². The largest absolute Gasteiger partial charge is 0.381 e. The summed E-state index contributed by atoms with van der Waals surface area (Å²) in [5.74, 6) is 0.475. The molecule has 0 saturated carbocycles. The number of anilines is 2. The number of benzene rings is 1. The molecular weight excluding hydrogens is 262 g/mol. The van der Waals surface area contributed by atoms with E-state index in [0.29, 0.717) is 5.69 Å². The smallest absolute Gasteiger partial charge is 0.166 e. The molecule has 1 aromatic carbocycles. The molecule has 0 fully saturated rings. The van der Waals surface area contributed by atoms with E-state index < -0.39 is 0 Å². The molecule has 5 nitrogen and oxygen atoms in total. The Morgan fingerprint density at radius 3 is 2.05 bits per heavy atom. The highest BCUT2D eigenvalue weighted by molar-refractivity contribution is 5.80. The number of aromatic nitrogens is 3. The molecule has 2 aromatic heterocycles. The zero-order valence-electron chi connectivity index (χ0n) is 11.6. The topological polar surface area (TPSA) is 90.7 Å². The first kappa shape index (κ1) is 13.1. The van der Waals surface area contributed by atoms with Gasteiger partial charge in [0.15, 0.2) is 11.6 Å². The minimum Gasteiger partial charge on any atom is -0.381 e. The van der Waals surface area contributed by atoms with Gasteiger partial charge >= 0.3 is 0 Å². The van der Waals surface area contributed by atoms with E-state index in [1.54, 1.807) is 12.4 Å². The summed E-state index contributed by atoms with van der Waals surface area (Å²) in [6.07, 6.45) is 3.42. The molecule has 0 aliphatic heterocycles. The van der Waals surface area contributed by atoms with Gasteiger partial charge in [-0.2, -0.15) is 0 Å². The highest BCUT2D eigenvalue weighted by Gasteiger charge is 2.14. The molecule has 21 heavy (non-hydrogen) atoms. The zero-order chi connectivity index (χ0) is 14.8. The van der Waals surface area contributed by atoms with Gasteiger partial charge in [-0.25, -0.2) is 9.97 Å². The highest BCUT2D eigenvalue weighted by atomic mass is 15.0. The van der Waals surface area contributed by atoms with Crippen molar-refractivity contribution >= 4 is 11.6 Å². The summed E-state index contributed by atoms with van der Waals surface area (Å²) in [6.45, 7) is 2.03. The van der Waals surface area contributed by atoms with Gasteiger partial charge in [0.2, 0.25) is 0 Å². The van der Waals surface area contributed by atoms with Crippen LogP contribution in [0, 0.1) is 6.92 Å². The van der Waals surface area contributed by atoms with E-state index in [-0.39, 0.29) is 11.6 Å². The van der Waals surface area contributed by atoms with Gasteiger partial charge in [-0.05, 0) is 25.1 Å². The molecule has 0 spiro atoms. The third kappa shape index (κ3) is 2.53. The molecule has 0 atom stereocenters. The standard InChI is InChI=1S/C16H15N5/c1-10-3-2-4-12(9-10)14-13(11-5-7-19-8-6-11)20-15(17)16(18)21-14/h2-9H,1H3,(H2,17,20)(H2,18,21). The van der Waals surface area contributed by atoms with Crippen LogP contribution in [0.2, 0.25) is 0 Å². The fourth-order valence-electron chi connectivity index (χ4n) is 2.17. The molecule has 0 saturated heterocycles. The molecule has 0 aliphatic rings. The van der Waals surface area contributed by atoms with E-state index in [0.717, 1.165) is 22.4 Å². The van der Waals surface area contributed by atoms with Crippen LogP contribution >= 0.6 is 0 Å². The summed E-state index contributed by atoms with van der Waals surface area (Å²) < 4.78 is 0. The number of aryl methyl sites for hydroxylation is 1. The van der Waals surface area contributed by atoms with Crippen LogP contribution in [-0.4, -0.2) is 15.0 Å². The van der Waals surface area contributed by atoms with E-state index in [4.69, 9.17) is 11.5 Å². The van der Waals surface area contributed by atoms with Crippen LogP contribution in [0.25, 0.3) is 22.5 Å². The van der Waals surface area contributed by atoms with Crippen LogP contribution in [0.15, 0.2) is 48.8 Å². The molecule has 5 heteroatoms. The van der Waals surface area contributed by atoms with Gasteiger partial charge in [0.1, 0.15) is 0 Å². The van der Waals surface area contributed by atoms with Gasteiger partial charge in [-0.3, -0.25) is 4.98 Å². The second-order valence-electron chi connectivity index (χ2n) is 4.80. The van der Waals surface area contributed by atoms with Crippen molar-refractivity contribution < 1.29 is 0 Å². The average Bonchev–Trinajstić information content (AvgIpc) is 2.50. The van der Waals surface area contributed by atoms with Gasteiger partial charge in [0.05, 0.1) is 11.4 Å². The number of nitrogens with zero attached hydrogens (tertiary/aromatic N) is 3. The second-order valence-corrected chi connectivity index (χ2v) is 4.80. The molecule has 3 rings (SSSR count). The van der Waals surface area contributed by atoms with Crippen molar-refractivity contribution in [1.29, 1.82) is 0 Å². The molecule has 3 aromatic rings. The maximum absolute atomic E-state index is 5.83. The Morgan fingerprint density at radius 2 is 1.43 bits per heavy atom. The molecule has 2 heterocycles. The van der Waals surface area contributed by atoms with E-state index in [9.17, 15) is 0 Å².